The summed E-state index contributed by atoms with van der Waals surface area (Å²) in [7, 11) is 0. The fourth-order valence-electron chi connectivity index (χ4n) is 6.07. The normalized spacial score (nSPS) is 32.7. The number of fused-ring (bicyclic) bond motifs is 1. The van der Waals surface area contributed by atoms with Gasteiger partial charge in [-0.3, -0.25) is 0 Å². The molecule has 0 aromatic heterocycles. The summed E-state index contributed by atoms with van der Waals surface area (Å²) in [6, 6.07) is 0. The number of aliphatic hydroxyl groups is 3. The Balaban J connectivity index is 1.73. The van der Waals surface area contributed by atoms with Crippen LogP contribution in [0.2, 0.25) is 0 Å². The zero-order chi connectivity index (χ0) is 26.2. The predicted octanol–water partition coefficient (Wildman–Crippen LogP) is 6.32. The molecular weight excluding hydrogens is 474 g/mol. The van der Waals surface area contributed by atoms with E-state index >= 15 is 0 Å². The third-order valence-electron chi connectivity index (χ3n) is 7.93. The molecule has 0 radical (unpaired) electrons. The molecule has 0 aliphatic heterocycles. The van der Waals surface area contributed by atoms with Gasteiger partial charge in [-0.05, 0) is 74.7 Å². The van der Waals surface area contributed by atoms with Crippen LogP contribution in [0.1, 0.15) is 65.2 Å². The summed E-state index contributed by atoms with van der Waals surface area (Å²) in [6.45, 7) is 3.89. The van der Waals surface area contributed by atoms with E-state index < -0.39 is 30.2 Å². The Kier molecular flexibility index (Phi) is 8.04. The van der Waals surface area contributed by atoms with E-state index in [9.17, 15) is 41.7 Å². The van der Waals surface area contributed by atoms with Crippen LogP contribution in [0.5, 0.6) is 0 Å². The first kappa shape index (κ1) is 28.0. The summed E-state index contributed by atoms with van der Waals surface area (Å²) >= 11 is 0. The van der Waals surface area contributed by atoms with E-state index in [1.165, 1.54) is 5.57 Å². The lowest BCUT2D eigenvalue weighted by Crippen LogP contribution is -2.55. The third-order valence-corrected chi connectivity index (χ3v) is 7.93. The van der Waals surface area contributed by atoms with Gasteiger partial charge in [-0.1, -0.05) is 54.9 Å². The average molecular weight is 509 g/mol. The SMILES string of the molecule is C[C@H](C/C=C\C(O)(C(F)(F)F)C(F)(F)F)C1=CC[C@H]2/C(=C/C=C3C[C@H](O)C[C@@H](O)C3)CCC[C@]12C. The van der Waals surface area contributed by atoms with Crippen molar-refractivity contribution in [3.8, 4) is 0 Å². The Morgan fingerprint density at radius 2 is 1.66 bits per heavy atom. The van der Waals surface area contributed by atoms with Gasteiger partial charge in [0.05, 0.1) is 12.2 Å². The van der Waals surface area contributed by atoms with Crippen molar-refractivity contribution in [2.24, 2.45) is 17.3 Å². The first-order valence-corrected chi connectivity index (χ1v) is 12.1. The first-order valence-electron chi connectivity index (χ1n) is 12.1. The number of aliphatic hydroxyl groups excluding tert-OH is 2. The lowest BCUT2D eigenvalue weighted by Gasteiger charge is -2.42. The molecular formula is C26H34F6O3. The smallest absolute Gasteiger partial charge is 0.393 e. The molecule has 3 nitrogen and oxygen atoms in total. The quantitative estimate of drug-likeness (QED) is 0.301. The van der Waals surface area contributed by atoms with Gasteiger partial charge in [-0.15, -0.1) is 0 Å². The summed E-state index contributed by atoms with van der Waals surface area (Å²) in [5.41, 5.74) is -1.87. The van der Waals surface area contributed by atoms with Crippen molar-refractivity contribution in [2.45, 2.75) is 95.4 Å². The van der Waals surface area contributed by atoms with Crippen LogP contribution in [0.25, 0.3) is 0 Å². The molecule has 0 saturated heterocycles. The lowest BCUT2D eigenvalue weighted by atomic mass is 9.62. The molecule has 0 amide bonds. The van der Waals surface area contributed by atoms with E-state index in [2.05, 4.69) is 19.1 Å². The summed E-state index contributed by atoms with van der Waals surface area (Å²) in [4.78, 5) is 0. The fourth-order valence-corrected chi connectivity index (χ4v) is 6.07. The van der Waals surface area contributed by atoms with Crippen molar-refractivity contribution in [1.82, 2.24) is 0 Å². The fraction of sp³-hybridized carbons (Fsp3) is 0.692. The topological polar surface area (TPSA) is 60.7 Å². The average Bonchev–Trinajstić information content (AvgIpc) is 3.07. The second-order valence-corrected chi connectivity index (χ2v) is 10.5. The molecule has 9 heteroatoms. The Labute approximate surface area is 201 Å². The third kappa shape index (κ3) is 5.72. The van der Waals surface area contributed by atoms with Crippen LogP contribution < -0.4 is 0 Å². The Hall–Kier alpha value is -1.58. The number of rotatable bonds is 5. The molecule has 3 aliphatic rings. The Morgan fingerprint density at radius 3 is 2.23 bits per heavy atom. The summed E-state index contributed by atoms with van der Waals surface area (Å²) in [5, 5.41) is 29.2. The summed E-state index contributed by atoms with van der Waals surface area (Å²) < 4.78 is 77.6. The first-order chi connectivity index (χ1) is 16.1. The van der Waals surface area contributed by atoms with Crippen molar-refractivity contribution in [2.75, 3.05) is 0 Å². The molecule has 0 aromatic carbocycles. The van der Waals surface area contributed by atoms with Crippen LogP contribution in [-0.2, 0) is 0 Å². The predicted molar refractivity (Wildman–Crippen MR) is 120 cm³/mol. The number of hydrogen-bond donors (Lipinski definition) is 3. The minimum Gasteiger partial charge on any atom is -0.393 e. The highest BCUT2D eigenvalue weighted by molar-refractivity contribution is 5.35. The molecule has 198 valence electrons. The largest absolute Gasteiger partial charge is 0.429 e. The van der Waals surface area contributed by atoms with Crippen LogP contribution in [-0.4, -0.2) is 45.5 Å². The van der Waals surface area contributed by atoms with Crippen LogP contribution >= 0.6 is 0 Å². The minimum absolute atomic E-state index is 0.0541. The van der Waals surface area contributed by atoms with Gasteiger partial charge < -0.3 is 15.3 Å². The summed E-state index contributed by atoms with van der Waals surface area (Å²) in [5.74, 6) is -0.0939. The van der Waals surface area contributed by atoms with E-state index in [1.54, 1.807) is 6.92 Å². The van der Waals surface area contributed by atoms with E-state index in [0.29, 0.717) is 19.3 Å². The molecule has 0 bridgehead atoms. The highest BCUT2D eigenvalue weighted by atomic mass is 19.4. The molecule has 0 heterocycles. The summed E-state index contributed by atoms with van der Waals surface area (Å²) in [6.07, 6.45) is -1.33. The number of hydrogen-bond acceptors (Lipinski definition) is 3. The van der Waals surface area contributed by atoms with Crippen molar-refractivity contribution < 1.29 is 41.7 Å². The van der Waals surface area contributed by atoms with Gasteiger partial charge in [0.1, 0.15) is 0 Å². The van der Waals surface area contributed by atoms with E-state index in [0.717, 1.165) is 42.9 Å². The molecule has 3 rings (SSSR count). The van der Waals surface area contributed by atoms with Gasteiger partial charge in [0.25, 0.3) is 5.60 Å². The van der Waals surface area contributed by atoms with Gasteiger partial charge in [-0.25, -0.2) is 0 Å². The van der Waals surface area contributed by atoms with Crippen LogP contribution in [0.15, 0.2) is 47.1 Å². The number of allylic oxidation sites excluding steroid dienone is 6. The molecule has 2 fully saturated rings. The molecule has 2 saturated carbocycles. The zero-order valence-corrected chi connectivity index (χ0v) is 20.0. The van der Waals surface area contributed by atoms with E-state index in [1.807, 2.05) is 6.08 Å². The van der Waals surface area contributed by atoms with Crippen LogP contribution in [0, 0.1) is 17.3 Å². The second kappa shape index (κ2) is 10.1. The van der Waals surface area contributed by atoms with Gasteiger partial charge >= 0.3 is 12.4 Å². The zero-order valence-electron chi connectivity index (χ0n) is 20.0. The minimum atomic E-state index is -5.86. The monoisotopic (exact) mass is 508 g/mol. The van der Waals surface area contributed by atoms with Crippen molar-refractivity contribution in [3.05, 3.63) is 47.1 Å². The maximum Gasteiger partial charge on any atom is 0.429 e. The van der Waals surface area contributed by atoms with E-state index in [4.69, 9.17) is 0 Å². The molecule has 0 spiro atoms. The van der Waals surface area contributed by atoms with Crippen LogP contribution in [0.3, 0.4) is 0 Å². The van der Waals surface area contributed by atoms with E-state index in [-0.39, 0.29) is 29.7 Å². The van der Waals surface area contributed by atoms with Crippen molar-refractivity contribution in [1.29, 1.82) is 0 Å². The van der Waals surface area contributed by atoms with Gasteiger partial charge in [-0.2, -0.15) is 26.3 Å². The van der Waals surface area contributed by atoms with Gasteiger partial charge in [0, 0.05) is 0 Å². The van der Waals surface area contributed by atoms with Crippen molar-refractivity contribution >= 4 is 0 Å². The maximum atomic E-state index is 12.9. The molecule has 0 aromatic rings. The Bertz CT molecular complexity index is 872. The standard InChI is InChI=1S/C26H34F6O3/c1-16(5-3-12-24(35,25(27,28)29)26(30,31)32)21-9-10-22-18(6-4-11-23(21,22)2)8-7-17-13-19(33)15-20(34)14-17/h3,7-9,12,16,19-20,22,33-35H,4-6,10-11,13-15H2,1-2H3/b12-3-,18-8+/t16-,19+,20+,22+,23-/m1/s1. The highest BCUT2D eigenvalue weighted by Crippen LogP contribution is 2.57. The van der Waals surface area contributed by atoms with Crippen molar-refractivity contribution in [3.63, 3.8) is 0 Å². The molecule has 5 atom stereocenters. The second-order valence-electron chi connectivity index (χ2n) is 10.5. The Morgan fingerprint density at radius 1 is 1.06 bits per heavy atom. The van der Waals surface area contributed by atoms with Crippen LogP contribution in [0.4, 0.5) is 26.3 Å². The maximum absolute atomic E-state index is 12.9. The number of alkyl halides is 6. The number of halogens is 6. The molecule has 35 heavy (non-hydrogen) atoms. The van der Waals surface area contributed by atoms with Gasteiger partial charge in [0.2, 0.25) is 0 Å². The molecule has 3 aliphatic carbocycles. The molecule has 0 unspecified atom stereocenters. The molecule has 3 N–H and O–H groups in total. The highest BCUT2D eigenvalue weighted by Gasteiger charge is 2.68. The lowest BCUT2D eigenvalue weighted by molar-refractivity contribution is -0.347. The van der Waals surface area contributed by atoms with Gasteiger partial charge in [0.15, 0.2) is 0 Å².